The summed E-state index contributed by atoms with van der Waals surface area (Å²) in [5.74, 6) is 0.264. The van der Waals surface area contributed by atoms with Gasteiger partial charge >= 0.3 is 6.18 Å². The first kappa shape index (κ1) is 15.9. The number of amides is 1. The second-order valence-corrected chi connectivity index (χ2v) is 4.65. The molecular formula is C16H14F3NO2. The van der Waals surface area contributed by atoms with Crippen molar-refractivity contribution in [1.29, 1.82) is 0 Å². The third kappa shape index (κ3) is 4.25. The van der Waals surface area contributed by atoms with E-state index in [1.54, 1.807) is 24.3 Å². The number of anilines is 1. The van der Waals surface area contributed by atoms with Crippen molar-refractivity contribution in [2.75, 3.05) is 12.4 Å². The number of methoxy groups -OCH3 is 1. The van der Waals surface area contributed by atoms with Crippen LogP contribution in [0.5, 0.6) is 5.75 Å². The molecule has 1 N–H and O–H groups in total. The second kappa shape index (κ2) is 6.51. The maximum absolute atomic E-state index is 12.6. The average Bonchev–Trinajstić information content (AvgIpc) is 2.47. The van der Waals surface area contributed by atoms with E-state index in [2.05, 4.69) is 5.32 Å². The van der Waals surface area contributed by atoms with Crippen LogP contribution in [-0.2, 0) is 17.4 Å². The highest BCUT2D eigenvalue weighted by atomic mass is 19.4. The van der Waals surface area contributed by atoms with Gasteiger partial charge in [0.25, 0.3) is 0 Å². The van der Waals surface area contributed by atoms with Gasteiger partial charge in [-0.25, -0.2) is 0 Å². The van der Waals surface area contributed by atoms with Gasteiger partial charge in [0.2, 0.25) is 5.91 Å². The van der Waals surface area contributed by atoms with E-state index in [1.165, 1.54) is 19.2 Å². The Morgan fingerprint density at radius 3 is 2.41 bits per heavy atom. The molecule has 0 saturated heterocycles. The summed E-state index contributed by atoms with van der Waals surface area (Å²) in [5, 5.41) is 2.62. The molecule has 0 unspecified atom stereocenters. The largest absolute Gasteiger partial charge is 0.497 e. The Morgan fingerprint density at radius 2 is 1.82 bits per heavy atom. The van der Waals surface area contributed by atoms with Crippen LogP contribution in [0.2, 0.25) is 0 Å². The molecule has 0 saturated carbocycles. The number of rotatable bonds is 4. The zero-order valence-corrected chi connectivity index (χ0v) is 11.8. The van der Waals surface area contributed by atoms with E-state index < -0.39 is 11.7 Å². The molecule has 0 fully saturated rings. The topological polar surface area (TPSA) is 38.3 Å². The fourth-order valence-corrected chi connectivity index (χ4v) is 1.92. The van der Waals surface area contributed by atoms with E-state index in [9.17, 15) is 18.0 Å². The maximum Gasteiger partial charge on any atom is 0.416 e. The summed E-state index contributed by atoms with van der Waals surface area (Å²) >= 11 is 0. The third-order valence-corrected chi connectivity index (χ3v) is 2.99. The maximum atomic E-state index is 12.6. The molecule has 0 heterocycles. The fourth-order valence-electron chi connectivity index (χ4n) is 1.92. The summed E-state index contributed by atoms with van der Waals surface area (Å²) in [6.07, 6.45) is -4.54. The summed E-state index contributed by atoms with van der Waals surface area (Å²) in [6, 6.07) is 11.4. The van der Waals surface area contributed by atoms with Crippen molar-refractivity contribution in [3.8, 4) is 5.75 Å². The highest BCUT2D eigenvalue weighted by molar-refractivity contribution is 5.92. The molecule has 0 atom stereocenters. The number of carbonyl (C=O) groups is 1. The third-order valence-electron chi connectivity index (χ3n) is 2.99. The normalized spacial score (nSPS) is 11.1. The van der Waals surface area contributed by atoms with Crippen LogP contribution in [0.3, 0.4) is 0 Å². The smallest absolute Gasteiger partial charge is 0.416 e. The molecule has 0 bridgehead atoms. The van der Waals surface area contributed by atoms with E-state index in [1.807, 2.05) is 0 Å². The van der Waals surface area contributed by atoms with Crippen molar-refractivity contribution in [2.24, 2.45) is 0 Å². The Labute approximate surface area is 125 Å². The van der Waals surface area contributed by atoms with E-state index in [4.69, 9.17) is 4.74 Å². The predicted octanol–water partition coefficient (Wildman–Crippen LogP) is 3.90. The van der Waals surface area contributed by atoms with Gasteiger partial charge in [0.15, 0.2) is 0 Å². The summed E-state index contributed by atoms with van der Waals surface area (Å²) in [6.45, 7) is 0. The zero-order valence-electron chi connectivity index (χ0n) is 11.8. The van der Waals surface area contributed by atoms with Crippen molar-refractivity contribution in [2.45, 2.75) is 12.6 Å². The van der Waals surface area contributed by atoms with Gasteiger partial charge in [-0.2, -0.15) is 13.2 Å². The van der Waals surface area contributed by atoms with Crippen LogP contribution < -0.4 is 10.1 Å². The first-order chi connectivity index (χ1) is 10.4. The first-order valence-corrected chi connectivity index (χ1v) is 6.48. The number of benzene rings is 2. The minimum absolute atomic E-state index is 0.129. The lowest BCUT2D eigenvalue weighted by molar-refractivity contribution is -0.137. The Kier molecular flexibility index (Phi) is 4.70. The van der Waals surface area contributed by atoms with Gasteiger partial charge in [0.05, 0.1) is 19.1 Å². The molecule has 116 valence electrons. The van der Waals surface area contributed by atoms with Crippen molar-refractivity contribution < 1.29 is 22.7 Å². The van der Waals surface area contributed by atoms with Gasteiger partial charge in [0, 0.05) is 5.69 Å². The molecule has 3 nitrogen and oxygen atoms in total. The Morgan fingerprint density at radius 1 is 1.14 bits per heavy atom. The lowest BCUT2D eigenvalue weighted by Gasteiger charge is -2.09. The van der Waals surface area contributed by atoms with Crippen LogP contribution in [0, 0.1) is 0 Å². The number of alkyl halides is 3. The van der Waals surface area contributed by atoms with Crippen molar-refractivity contribution in [1.82, 2.24) is 0 Å². The van der Waals surface area contributed by atoms with Gasteiger partial charge in [-0.3, -0.25) is 4.79 Å². The van der Waals surface area contributed by atoms with Gasteiger partial charge in [-0.05, 0) is 35.9 Å². The molecule has 0 spiro atoms. The number of ether oxygens (including phenoxy) is 1. The molecule has 2 aromatic carbocycles. The standard InChI is InChI=1S/C16H14F3NO2/c1-22-14-7-5-13(6-8-14)20-15(21)10-11-3-2-4-12(9-11)16(17,18)19/h2-9H,10H2,1H3,(H,20,21). The average molecular weight is 309 g/mol. The minimum atomic E-state index is -4.41. The van der Waals surface area contributed by atoms with E-state index in [0.29, 0.717) is 17.0 Å². The van der Waals surface area contributed by atoms with Crippen LogP contribution in [0.4, 0.5) is 18.9 Å². The van der Waals surface area contributed by atoms with Gasteiger partial charge < -0.3 is 10.1 Å². The van der Waals surface area contributed by atoms with Gasteiger partial charge in [-0.1, -0.05) is 18.2 Å². The fraction of sp³-hybridized carbons (Fsp3) is 0.188. The second-order valence-electron chi connectivity index (χ2n) is 4.65. The van der Waals surface area contributed by atoms with Crippen LogP contribution in [0.1, 0.15) is 11.1 Å². The molecule has 0 aliphatic heterocycles. The molecule has 0 radical (unpaired) electrons. The number of hydrogen-bond acceptors (Lipinski definition) is 2. The Bertz CT molecular complexity index is 651. The number of halogens is 3. The summed E-state index contributed by atoms with van der Waals surface area (Å²) in [7, 11) is 1.53. The molecule has 0 aliphatic carbocycles. The molecular weight excluding hydrogens is 295 g/mol. The molecule has 2 aromatic rings. The highest BCUT2D eigenvalue weighted by Crippen LogP contribution is 2.29. The molecule has 0 aromatic heterocycles. The molecule has 22 heavy (non-hydrogen) atoms. The molecule has 1 amide bonds. The van der Waals surface area contributed by atoms with Crippen molar-refractivity contribution in [3.63, 3.8) is 0 Å². The summed E-state index contributed by atoms with van der Waals surface area (Å²) in [5.41, 5.74) is 0.0980. The predicted molar refractivity (Wildman–Crippen MR) is 76.8 cm³/mol. The molecule has 2 rings (SSSR count). The molecule has 0 aliphatic rings. The monoisotopic (exact) mass is 309 g/mol. The van der Waals surface area contributed by atoms with Crippen LogP contribution in [0.25, 0.3) is 0 Å². The molecule has 6 heteroatoms. The zero-order chi connectivity index (χ0) is 16.2. The number of nitrogens with one attached hydrogen (secondary N) is 1. The van der Waals surface area contributed by atoms with Gasteiger partial charge in [0.1, 0.15) is 5.75 Å². The number of hydrogen-bond donors (Lipinski definition) is 1. The van der Waals surface area contributed by atoms with Gasteiger partial charge in [-0.15, -0.1) is 0 Å². The summed E-state index contributed by atoms with van der Waals surface area (Å²) in [4.78, 5) is 11.9. The quantitative estimate of drug-likeness (QED) is 0.930. The minimum Gasteiger partial charge on any atom is -0.497 e. The van der Waals surface area contributed by atoms with Crippen LogP contribution >= 0.6 is 0 Å². The van der Waals surface area contributed by atoms with Crippen molar-refractivity contribution in [3.05, 3.63) is 59.7 Å². The number of carbonyl (C=O) groups excluding carboxylic acids is 1. The highest BCUT2D eigenvalue weighted by Gasteiger charge is 2.30. The lowest BCUT2D eigenvalue weighted by Crippen LogP contribution is -2.15. The van der Waals surface area contributed by atoms with E-state index in [0.717, 1.165) is 12.1 Å². The van der Waals surface area contributed by atoms with E-state index >= 15 is 0 Å². The lowest BCUT2D eigenvalue weighted by atomic mass is 10.1. The Hall–Kier alpha value is -2.50. The first-order valence-electron chi connectivity index (χ1n) is 6.48. The van der Waals surface area contributed by atoms with Crippen LogP contribution in [-0.4, -0.2) is 13.0 Å². The summed E-state index contributed by atoms with van der Waals surface area (Å²) < 4.78 is 42.8. The Balaban J connectivity index is 2.02. The van der Waals surface area contributed by atoms with Crippen molar-refractivity contribution >= 4 is 11.6 Å². The van der Waals surface area contributed by atoms with E-state index in [-0.39, 0.29) is 12.3 Å². The van der Waals surface area contributed by atoms with Crippen LogP contribution in [0.15, 0.2) is 48.5 Å². The SMILES string of the molecule is COc1ccc(NC(=O)Cc2cccc(C(F)(F)F)c2)cc1.